The van der Waals surface area contributed by atoms with Gasteiger partial charge in [0.05, 0.1) is 0 Å². The van der Waals surface area contributed by atoms with Crippen molar-refractivity contribution in [2.45, 2.75) is 44.6 Å². The molecule has 2 saturated heterocycles. The summed E-state index contributed by atoms with van der Waals surface area (Å²) in [5.74, 6) is 1.99. The van der Waals surface area contributed by atoms with Crippen molar-refractivity contribution in [3.8, 4) is 0 Å². The second-order valence-electron chi connectivity index (χ2n) is 5.73. The third-order valence-corrected chi connectivity index (χ3v) is 4.90. The van der Waals surface area contributed by atoms with Crippen molar-refractivity contribution < 1.29 is 0 Å². The lowest BCUT2D eigenvalue weighted by Crippen LogP contribution is -2.34. The number of rotatable bonds is 1. The van der Waals surface area contributed by atoms with Crippen LogP contribution in [-0.4, -0.2) is 37.1 Å². The van der Waals surface area contributed by atoms with Gasteiger partial charge in [-0.15, -0.1) is 0 Å². The molecule has 1 saturated carbocycles. The smallest absolute Gasteiger partial charge is 0.00952 e. The van der Waals surface area contributed by atoms with E-state index in [4.69, 9.17) is 0 Å². The maximum atomic E-state index is 3.56. The molecular weight excluding hydrogens is 184 g/mol. The van der Waals surface area contributed by atoms with Gasteiger partial charge in [0.2, 0.25) is 0 Å². The highest BCUT2D eigenvalue weighted by Gasteiger charge is 2.32. The minimum Gasteiger partial charge on any atom is -0.316 e. The molecule has 0 amide bonds. The van der Waals surface area contributed by atoms with Crippen LogP contribution in [0.5, 0.6) is 0 Å². The van der Waals surface area contributed by atoms with Gasteiger partial charge in [-0.25, -0.2) is 0 Å². The molecule has 2 heterocycles. The molecule has 15 heavy (non-hydrogen) atoms. The molecule has 2 atom stereocenters. The van der Waals surface area contributed by atoms with E-state index in [9.17, 15) is 0 Å². The molecular formula is C13H24N2. The summed E-state index contributed by atoms with van der Waals surface area (Å²) in [6, 6.07) is 0.955. The van der Waals surface area contributed by atoms with Crippen molar-refractivity contribution in [1.29, 1.82) is 0 Å². The molecule has 0 aromatic heterocycles. The second kappa shape index (κ2) is 4.42. The first kappa shape index (κ1) is 10.1. The average Bonchev–Trinajstić information content (AvgIpc) is 2.88. The number of hydrogen-bond donors (Lipinski definition) is 1. The summed E-state index contributed by atoms with van der Waals surface area (Å²) in [5, 5.41) is 3.56. The Morgan fingerprint density at radius 2 is 1.40 bits per heavy atom. The number of hydrogen-bond acceptors (Lipinski definition) is 2. The summed E-state index contributed by atoms with van der Waals surface area (Å²) < 4.78 is 0. The average molecular weight is 208 g/mol. The zero-order valence-electron chi connectivity index (χ0n) is 9.75. The standard InChI is InChI=1S/C13H24N2/c1-2-4-13(3-1)15-7-5-11-9-14-10-12(11)6-8-15/h11-14H,1-10H2. The molecule has 0 spiro atoms. The van der Waals surface area contributed by atoms with E-state index in [1.54, 1.807) is 0 Å². The summed E-state index contributed by atoms with van der Waals surface area (Å²) in [6.45, 7) is 5.35. The number of fused-ring (bicyclic) bond motifs is 1. The van der Waals surface area contributed by atoms with Crippen molar-refractivity contribution in [2.24, 2.45) is 11.8 Å². The molecule has 1 aliphatic carbocycles. The van der Waals surface area contributed by atoms with E-state index in [1.807, 2.05) is 0 Å². The van der Waals surface area contributed by atoms with Crippen LogP contribution in [-0.2, 0) is 0 Å². The predicted octanol–water partition coefficient (Wildman–Crippen LogP) is 1.86. The first-order valence-electron chi connectivity index (χ1n) is 6.88. The van der Waals surface area contributed by atoms with Crippen molar-refractivity contribution >= 4 is 0 Å². The highest BCUT2D eigenvalue weighted by atomic mass is 15.2. The topological polar surface area (TPSA) is 15.3 Å². The summed E-state index contributed by atoms with van der Waals surface area (Å²) >= 11 is 0. The zero-order chi connectivity index (χ0) is 10.1. The predicted molar refractivity (Wildman–Crippen MR) is 62.9 cm³/mol. The monoisotopic (exact) mass is 208 g/mol. The zero-order valence-corrected chi connectivity index (χ0v) is 9.75. The van der Waals surface area contributed by atoms with Crippen molar-refractivity contribution in [2.75, 3.05) is 26.2 Å². The third-order valence-electron chi connectivity index (χ3n) is 4.90. The summed E-state index contributed by atoms with van der Waals surface area (Å²) in [7, 11) is 0. The fourth-order valence-electron chi connectivity index (χ4n) is 3.87. The van der Waals surface area contributed by atoms with Crippen molar-refractivity contribution in [1.82, 2.24) is 10.2 Å². The fraction of sp³-hybridized carbons (Fsp3) is 1.00. The highest BCUT2D eigenvalue weighted by molar-refractivity contribution is 4.88. The van der Waals surface area contributed by atoms with Gasteiger partial charge in [-0.1, -0.05) is 12.8 Å². The van der Waals surface area contributed by atoms with E-state index < -0.39 is 0 Å². The molecule has 3 aliphatic rings. The number of nitrogens with zero attached hydrogens (tertiary/aromatic N) is 1. The molecule has 2 heteroatoms. The van der Waals surface area contributed by atoms with E-state index in [0.717, 1.165) is 17.9 Å². The Bertz CT molecular complexity index is 197. The van der Waals surface area contributed by atoms with E-state index in [-0.39, 0.29) is 0 Å². The van der Waals surface area contributed by atoms with Gasteiger partial charge in [-0.2, -0.15) is 0 Å². The van der Waals surface area contributed by atoms with Crippen LogP contribution in [0.4, 0.5) is 0 Å². The minimum absolute atomic E-state index is 0.955. The number of nitrogens with one attached hydrogen (secondary N) is 1. The maximum absolute atomic E-state index is 3.56. The van der Waals surface area contributed by atoms with Crippen LogP contribution < -0.4 is 5.32 Å². The molecule has 86 valence electrons. The molecule has 3 rings (SSSR count). The van der Waals surface area contributed by atoms with Gasteiger partial charge in [0, 0.05) is 6.04 Å². The van der Waals surface area contributed by atoms with Crippen LogP contribution in [0.3, 0.4) is 0 Å². The first-order chi connectivity index (χ1) is 7.43. The maximum Gasteiger partial charge on any atom is 0.00952 e. The van der Waals surface area contributed by atoms with Crippen LogP contribution in [0.2, 0.25) is 0 Å². The van der Waals surface area contributed by atoms with Gasteiger partial charge < -0.3 is 10.2 Å². The number of likely N-dealkylation sites (tertiary alicyclic amines) is 1. The second-order valence-corrected chi connectivity index (χ2v) is 5.73. The Labute approximate surface area is 93.4 Å². The van der Waals surface area contributed by atoms with Crippen LogP contribution >= 0.6 is 0 Å². The lowest BCUT2D eigenvalue weighted by Gasteiger charge is -2.27. The molecule has 2 aliphatic heterocycles. The third kappa shape index (κ3) is 2.07. The molecule has 3 fully saturated rings. The fourth-order valence-corrected chi connectivity index (χ4v) is 3.87. The van der Waals surface area contributed by atoms with E-state index in [2.05, 4.69) is 10.2 Å². The Hall–Kier alpha value is -0.0800. The van der Waals surface area contributed by atoms with Crippen molar-refractivity contribution in [3.05, 3.63) is 0 Å². The van der Waals surface area contributed by atoms with E-state index in [1.165, 1.54) is 64.7 Å². The van der Waals surface area contributed by atoms with E-state index >= 15 is 0 Å². The molecule has 2 unspecified atom stereocenters. The Kier molecular flexibility index (Phi) is 2.98. The summed E-state index contributed by atoms with van der Waals surface area (Å²) in [4.78, 5) is 2.81. The molecule has 0 bridgehead atoms. The van der Waals surface area contributed by atoms with Crippen molar-refractivity contribution in [3.63, 3.8) is 0 Å². The quantitative estimate of drug-likeness (QED) is 0.707. The molecule has 0 radical (unpaired) electrons. The van der Waals surface area contributed by atoms with E-state index in [0.29, 0.717) is 0 Å². The van der Waals surface area contributed by atoms with Crippen LogP contribution in [0, 0.1) is 11.8 Å². The summed E-state index contributed by atoms with van der Waals surface area (Å²) in [6.07, 6.45) is 8.83. The van der Waals surface area contributed by atoms with Gasteiger partial charge >= 0.3 is 0 Å². The highest BCUT2D eigenvalue weighted by Crippen LogP contribution is 2.31. The normalized spacial score (nSPS) is 39.2. The van der Waals surface area contributed by atoms with Crippen LogP contribution in [0.1, 0.15) is 38.5 Å². The van der Waals surface area contributed by atoms with Crippen LogP contribution in [0.25, 0.3) is 0 Å². The Balaban J connectivity index is 1.59. The van der Waals surface area contributed by atoms with Gasteiger partial charge in [-0.3, -0.25) is 0 Å². The molecule has 0 aromatic rings. The molecule has 2 nitrogen and oxygen atoms in total. The lowest BCUT2D eigenvalue weighted by molar-refractivity contribution is 0.202. The van der Waals surface area contributed by atoms with Gasteiger partial charge in [0.25, 0.3) is 0 Å². The Morgan fingerprint density at radius 3 is 2.00 bits per heavy atom. The molecule has 1 N–H and O–H groups in total. The Morgan fingerprint density at radius 1 is 0.800 bits per heavy atom. The van der Waals surface area contributed by atoms with Gasteiger partial charge in [0.15, 0.2) is 0 Å². The van der Waals surface area contributed by atoms with Crippen LogP contribution in [0.15, 0.2) is 0 Å². The largest absolute Gasteiger partial charge is 0.316 e. The SMILES string of the molecule is C1CCC(N2CCC3CNCC3CC2)C1. The van der Waals surface area contributed by atoms with Gasteiger partial charge in [-0.05, 0) is 63.7 Å². The lowest BCUT2D eigenvalue weighted by atomic mass is 9.92. The summed E-state index contributed by atoms with van der Waals surface area (Å²) in [5.41, 5.74) is 0. The first-order valence-corrected chi connectivity index (χ1v) is 6.88. The minimum atomic E-state index is 0.955. The van der Waals surface area contributed by atoms with Gasteiger partial charge in [0.1, 0.15) is 0 Å². The molecule has 0 aromatic carbocycles.